The molecule has 0 amide bonds. The number of aromatic nitrogens is 3. The monoisotopic (exact) mass is 452 g/mol. The van der Waals surface area contributed by atoms with E-state index >= 15 is 0 Å². The number of benzene rings is 1. The Balaban J connectivity index is 1.71. The Morgan fingerprint density at radius 3 is 2.71 bits per heavy atom. The number of rotatable bonds is 4. The van der Waals surface area contributed by atoms with Crippen LogP contribution in [0.5, 0.6) is 0 Å². The van der Waals surface area contributed by atoms with E-state index in [1.165, 1.54) is 6.07 Å². The van der Waals surface area contributed by atoms with Crippen LogP contribution < -0.4 is 5.32 Å². The third-order valence-corrected chi connectivity index (χ3v) is 6.57. The molecule has 3 heterocycles. The van der Waals surface area contributed by atoms with Gasteiger partial charge in [-0.15, -0.1) is 0 Å². The van der Waals surface area contributed by atoms with Crippen molar-refractivity contribution in [1.82, 2.24) is 19.9 Å². The normalized spacial score (nSPS) is 20.8. The van der Waals surface area contributed by atoms with Gasteiger partial charge >= 0.3 is 6.18 Å². The van der Waals surface area contributed by atoms with Gasteiger partial charge in [0.05, 0.1) is 23.7 Å². The maximum absolute atomic E-state index is 14.0. The van der Waals surface area contributed by atoms with Gasteiger partial charge in [0.1, 0.15) is 11.3 Å². The van der Waals surface area contributed by atoms with Crippen molar-refractivity contribution < 1.29 is 17.9 Å². The second-order valence-corrected chi connectivity index (χ2v) is 8.84. The van der Waals surface area contributed by atoms with Gasteiger partial charge in [0.15, 0.2) is 5.69 Å². The molecule has 5 nitrogen and oxygen atoms in total. The molecule has 1 aliphatic carbocycles. The lowest BCUT2D eigenvalue weighted by Gasteiger charge is -2.24. The number of imidazole rings is 1. The summed E-state index contributed by atoms with van der Waals surface area (Å²) in [5, 5.41) is 4.32. The first kappa shape index (κ1) is 21.0. The fourth-order valence-electron chi connectivity index (χ4n) is 4.88. The van der Waals surface area contributed by atoms with Crippen molar-refractivity contribution in [2.45, 2.75) is 56.8 Å². The molecule has 1 saturated carbocycles. The van der Waals surface area contributed by atoms with Crippen LogP contribution in [0.3, 0.4) is 0 Å². The molecule has 1 N–H and O–H groups in total. The number of morpholine rings is 1. The van der Waals surface area contributed by atoms with Crippen LogP contribution in [0.15, 0.2) is 18.2 Å². The molecule has 1 aromatic carbocycles. The standard InChI is InChI=1S/C22H24ClF3N4O/c23-14-5-6-16-17(11-14)28-20(22(24,25)26)18-19(16)30(9-7-15-12-27-8-10-31-15)21(29-18)13-3-1-2-4-13/h5-6,11,13,15,27H,1-4,7-10,12H2. The molecule has 0 radical (unpaired) electrons. The number of nitrogens with one attached hydrogen (secondary N) is 1. The summed E-state index contributed by atoms with van der Waals surface area (Å²) in [4.78, 5) is 8.53. The maximum atomic E-state index is 14.0. The molecule has 2 fully saturated rings. The largest absolute Gasteiger partial charge is 0.435 e. The molecule has 3 aromatic rings. The van der Waals surface area contributed by atoms with Crippen molar-refractivity contribution in [3.63, 3.8) is 0 Å². The first-order valence-corrected chi connectivity index (χ1v) is 11.2. The lowest BCUT2D eigenvalue weighted by molar-refractivity contribution is -0.139. The molecule has 1 unspecified atom stereocenters. The number of halogens is 4. The molecule has 1 aliphatic heterocycles. The van der Waals surface area contributed by atoms with Crippen LogP contribution >= 0.6 is 11.6 Å². The van der Waals surface area contributed by atoms with E-state index in [2.05, 4.69) is 15.3 Å². The number of fused-ring (bicyclic) bond motifs is 3. The summed E-state index contributed by atoms with van der Waals surface area (Å²) in [7, 11) is 0. The zero-order chi connectivity index (χ0) is 21.6. The Hall–Kier alpha value is -1.90. The van der Waals surface area contributed by atoms with Gasteiger partial charge < -0.3 is 14.6 Å². The highest BCUT2D eigenvalue weighted by atomic mass is 35.5. The van der Waals surface area contributed by atoms with Crippen LogP contribution in [0, 0.1) is 0 Å². The summed E-state index contributed by atoms with van der Waals surface area (Å²) >= 11 is 6.08. The molecule has 166 valence electrons. The van der Waals surface area contributed by atoms with Crippen LogP contribution in [0.1, 0.15) is 49.5 Å². The van der Waals surface area contributed by atoms with Crippen molar-refractivity contribution in [3.05, 3.63) is 34.7 Å². The molecule has 5 rings (SSSR count). The molecule has 1 atom stereocenters. The Labute approximate surface area is 182 Å². The van der Waals surface area contributed by atoms with Gasteiger partial charge in [-0.1, -0.05) is 24.4 Å². The van der Waals surface area contributed by atoms with Gasteiger partial charge in [-0.3, -0.25) is 0 Å². The summed E-state index contributed by atoms with van der Waals surface area (Å²) in [6, 6.07) is 4.94. The maximum Gasteiger partial charge on any atom is 0.435 e. The predicted molar refractivity (Wildman–Crippen MR) is 113 cm³/mol. The molecule has 1 saturated heterocycles. The number of ether oxygens (including phenoxy) is 1. The van der Waals surface area contributed by atoms with Crippen LogP contribution in [0.2, 0.25) is 5.02 Å². The van der Waals surface area contributed by atoms with Crippen molar-refractivity contribution >= 4 is 33.5 Å². The Bertz CT molecular complexity index is 1100. The second kappa shape index (κ2) is 8.22. The van der Waals surface area contributed by atoms with E-state index < -0.39 is 11.9 Å². The van der Waals surface area contributed by atoms with Crippen molar-refractivity contribution in [3.8, 4) is 0 Å². The fraction of sp³-hybridized carbons (Fsp3) is 0.545. The van der Waals surface area contributed by atoms with Crippen molar-refractivity contribution in [2.24, 2.45) is 0 Å². The highest BCUT2D eigenvalue weighted by Crippen LogP contribution is 2.41. The van der Waals surface area contributed by atoms with Crippen molar-refractivity contribution in [2.75, 3.05) is 19.7 Å². The molecule has 2 aromatic heterocycles. The average molecular weight is 453 g/mol. The fourth-order valence-corrected chi connectivity index (χ4v) is 5.04. The summed E-state index contributed by atoms with van der Waals surface area (Å²) in [6.07, 6.45) is 0.183. The predicted octanol–water partition coefficient (Wildman–Crippen LogP) is 5.29. The van der Waals surface area contributed by atoms with Gasteiger partial charge in [-0.2, -0.15) is 13.2 Å². The zero-order valence-corrected chi connectivity index (χ0v) is 17.8. The highest BCUT2D eigenvalue weighted by molar-refractivity contribution is 6.31. The van der Waals surface area contributed by atoms with E-state index in [1.54, 1.807) is 12.1 Å². The third-order valence-electron chi connectivity index (χ3n) is 6.34. The SMILES string of the molecule is FC(F)(F)c1nc2cc(Cl)ccc2c2c1nc(C1CCCC1)n2CCC1CNCCO1. The lowest BCUT2D eigenvalue weighted by Crippen LogP contribution is -2.39. The number of alkyl halides is 3. The first-order chi connectivity index (χ1) is 14.9. The summed E-state index contributed by atoms with van der Waals surface area (Å²) in [5.41, 5.74) is -0.264. The minimum atomic E-state index is -4.60. The van der Waals surface area contributed by atoms with Crippen LogP contribution in [0.25, 0.3) is 21.9 Å². The zero-order valence-electron chi connectivity index (χ0n) is 17.0. The number of hydrogen-bond acceptors (Lipinski definition) is 4. The van der Waals surface area contributed by atoms with Gasteiger partial charge in [-0.05, 0) is 37.5 Å². The van der Waals surface area contributed by atoms with Crippen LogP contribution in [-0.4, -0.2) is 40.3 Å². The van der Waals surface area contributed by atoms with E-state index in [1.807, 2.05) is 4.57 Å². The van der Waals surface area contributed by atoms with E-state index in [-0.39, 0.29) is 23.1 Å². The van der Waals surface area contributed by atoms with Crippen LogP contribution in [0.4, 0.5) is 13.2 Å². The number of nitrogens with zero attached hydrogens (tertiary/aromatic N) is 3. The second-order valence-electron chi connectivity index (χ2n) is 8.41. The quantitative estimate of drug-likeness (QED) is 0.584. The van der Waals surface area contributed by atoms with Gasteiger partial charge in [0.2, 0.25) is 0 Å². The Kier molecular flexibility index (Phi) is 5.56. The highest BCUT2D eigenvalue weighted by Gasteiger charge is 2.38. The molecule has 2 aliphatic rings. The van der Waals surface area contributed by atoms with Crippen molar-refractivity contribution in [1.29, 1.82) is 0 Å². The average Bonchev–Trinajstić information content (AvgIpc) is 3.39. The molecule has 31 heavy (non-hydrogen) atoms. The first-order valence-electron chi connectivity index (χ1n) is 10.8. The third kappa shape index (κ3) is 4.01. The van der Waals surface area contributed by atoms with Gasteiger partial charge in [-0.25, -0.2) is 9.97 Å². The summed E-state index contributed by atoms with van der Waals surface area (Å²) < 4.78 is 49.7. The summed E-state index contributed by atoms with van der Waals surface area (Å²) in [6.45, 7) is 2.77. The Morgan fingerprint density at radius 2 is 2.00 bits per heavy atom. The minimum Gasteiger partial charge on any atom is -0.376 e. The molecule has 0 bridgehead atoms. The topological polar surface area (TPSA) is 52.0 Å². The molecular weight excluding hydrogens is 429 g/mol. The number of pyridine rings is 1. The van der Waals surface area contributed by atoms with Gasteiger partial charge in [0, 0.05) is 36.0 Å². The van der Waals surface area contributed by atoms with E-state index in [4.69, 9.17) is 16.3 Å². The number of hydrogen-bond donors (Lipinski definition) is 1. The lowest BCUT2D eigenvalue weighted by atomic mass is 10.1. The molecule has 0 spiro atoms. The Morgan fingerprint density at radius 1 is 1.19 bits per heavy atom. The van der Waals surface area contributed by atoms with Gasteiger partial charge in [0.25, 0.3) is 0 Å². The van der Waals surface area contributed by atoms with Crippen LogP contribution in [-0.2, 0) is 17.5 Å². The van der Waals surface area contributed by atoms with E-state index in [0.29, 0.717) is 35.5 Å². The smallest absolute Gasteiger partial charge is 0.376 e. The minimum absolute atomic E-state index is 0.0345. The molecule has 9 heteroatoms. The molecular formula is C22H24ClF3N4O. The number of aryl methyl sites for hydroxylation is 1. The van der Waals surface area contributed by atoms with E-state index in [9.17, 15) is 13.2 Å². The summed E-state index contributed by atoms with van der Waals surface area (Å²) in [5.74, 6) is 0.909. The van der Waals surface area contributed by atoms with E-state index in [0.717, 1.165) is 44.6 Å².